The van der Waals surface area contributed by atoms with Gasteiger partial charge in [0.05, 0.1) is 31.3 Å². The Kier molecular flexibility index (Phi) is 4.46. The zero-order valence-electron chi connectivity index (χ0n) is 10.1. The molecule has 20 heavy (non-hydrogen) atoms. The zero-order chi connectivity index (χ0) is 15.1. The van der Waals surface area contributed by atoms with E-state index in [-0.39, 0.29) is 14.9 Å². The third kappa shape index (κ3) is 2.87. The summed E-state index contributed by atoms with van der Waals surface area (Å²) >= 11 is 15.5. The third-order valence-electron chi connectivity index (χ3n) is 2.65. The molecule has 0 saturated heterocycles. The minimum atomic E-state index is -4.37. The Labute approximate surface area is 134 Å². The van der Waals surface area contributed by atoms with Gasteiger partial charge < -0.3 is 0 Å². The summed E-state index contributed by atoms with van der Waals surface area (Å²) in [6.07, 6.45) is 2.27. The number of hydrogen-bond donors (Lipinski definition) is 1. The number of halogens is 3. The molecule has 2 aromatic rings. The van der Waals surface area contributed by atoms with Crippen LogP contribution in [-0.4, -0.2) is 22.8 Å². The number of rotatable bonds is 3. The van der Waals surface area contributed by atoms with Crippen molar-refractivity contribution in [3.8, 4) is 5.69 Å². The van der Waals surface area contributed by atoms with E-state index in [0.29, 0.717) is 12.1 Å². The molecule has 0 unspecified atom stereocenters. The highest BCUT2D eigenvalue weighted by molar-refractivity contribution is 9.10. The fraction of sp³-hybridized carbons (Fsp3) is 0.182. The molecular weight excluding hydrogens is 391 g/mol. The average Bonchev–Trinajstić information content (AvgIpc) is 2.68. The topological polar surface area (TPSA) is 72.2 Å². The quantitative estimate of drug-likeness (QED) is 0.797. The van der Waals surface area contributed by atoms with Crippen molar-refractivity contribution in [2.24, 2.45) is 0 Å². The highest BCUT2D eigenvalue weighted by Gasteiger charge is 2.19. The van der Waals surface area contributed by atoms with Crippen molar-refractivity contribution in [2.75, 3.05) is 0 Å². The van der Waals surface area contributed by atoms with Crippen molar-refractivity contribution >= 4 is 49.2 Å². The Hall–Kier alpha value is -0.600. The summed E-state index contributed by atoms with van der Waals surface area (Å²) in [4.78, 5) is -0.361. The molecule has 108 valence electrons. The van der Waals surface area contributed by atoms with E-state index in [1.807, 2.05) is 6.92 Å². The smallest absolute Gasteiger partial charge is 0.282 e. The maximum absolute atomic E-state index is 11.1. The van der Waals surface area contributed by atoms with Crippen molar-refractivity contribution < 1.29 is 13.0 Å². The highest BCUT2D eigenvalue weighted by atomic mass is 79.9. The molecule has 5 nitrogen and oxygen atoms in total. The van der Waals surface area contributed by atoms with Crippen LogP contribution in [0, 0.1) is 0 Å². The first kappa shape index (κ1) is 15.8. The van der Waals surface area contributed by atoms with Crippen molar-refractivity contribution in [2.45, 2.75) is 18.2 Å². The lowest BCUT2D eigenvalue weighted by Crippen LogP contribution is -2.05. The summed E-state index contributed by atoms with van der Waals surface area (Å²) in [6, 6.07) is 2.26. The molecule has 0 radical (unpaired) electrons. The monoisotopic (exact) mass is 398 g/mol. The molecule has 9 heteroatoms. The van der Waals surface area contributed by atoms with E-state index in [4.69, 9.17) is 27.8 Å². The molecule has 1 aromatic carbocycles. The summed E-state index contributed by atoms with van der Waals surface area (Å²) in [6.45, 7) is 1.94. The van der Waals surface area contributed by atoms with E-state index >= 15 is 0 Å². The van der Waals surface area contributed by atoms with Gasteiger partial charge in [0.25, 0.3) is 10.1 Å². The zero-order valence-corrected chi connectivity index (χ0v) is 14.1. The second-order valence-corrected chi connectivity index (χ2v) is 7.01. The maximum Gasteiger partial charge on any atom is 0.294 e. The third-order valence-corrected chi connectivity index (χ3v) is 4.72. The van der Waals surface area contributed by atoms with Gasteiger partial charge in [-0.15, -0.1) is 0 Å². The standard InChI is InChI=1S/C11H9BrCl2N2O3S/c1-2-10-7(12)5-15-16(10)11-8(13)3-6(4-9(11)14)20(17,18)19/h3-5H,2H2,1H3,(H,17,18,19). The Morgan fingerprint density at radius 2 is 1.90 bits per heavy atom. The molecule has 1 N–H and O–H groups in total. The van der Waals surface area contributed by atoms with Crippen LogP contribution < -0.4 is 0 Å². The molecule has 0 spiro atoms. The molecule has 0 aliphatic rings. The van der Waals surface area contributed by atoms with E-state index in [2.05, 4.69) is 21.0 Å². The molecule has 1 aromatic heterocycles. The van der Waals surface area contributed by atoms with Crippen molar-refractivity contribution in [1.29, 1.82) is 0 Å². The number of benzene rings is 1. The van der Waals surface area contributed by atoms with Crippen LogP contribution in [0.15, 0.2) is 27.7 Å². The first-order chi connectivity index (χ1) is 9.25. The Balaban J connectivity index is 2.70. The van der Waals surface area contributed by atoms with Crippen molar-refractivity contribution in [3.05, 3.63) is 38.5 Å². The van der Waals surface area contributed by atoms with Gasteiger partial charge >= 0.3 is 0 Å². The van der Waals surface area contributed by atoms with Gasteiger partial charge in [-0.3, -0.25) is 4.55 Å². The normalized spacial score (nSPS) is 11.8. The fourth-order valence-corrected chi connectivity index (χ4v) is 3.61. The maximum atomic E-state index is 11.1. The van der Waals surface area contributed by atoms with Gasteiger partial charge in [0.1, 0.15) is 5.69 Å². The lowest BCUT2D eigenvalue weighted by molar-refractivity contribution is 0.483. The van der Waals surface area contributed by atoms with Gasteiger partial charge in [0.2, 0.25) is 0 Å². The van der Waals surface area contributed by atoms with E-state index in [9.17, 15) is 8.42 Å². The largest absolute Gasteiger partial charge is 0.294 e. The van der Waals surface area contributed by atoms with Crippen LogP contribution >= 0.6 is 39.1 Å². The second-order valence-electron chi connectivity index (χ2n) is 3.92. The molecule has 0 aliphatic heterocycles. The van der Waals surface area contributed by atoms with Crippen molar-refractivity contribution in [3.63, 3.8) is 0 Å². The Morgan fingerprint density at radius 1 is 1.35 bits per heavy atom. The van der Waals surface area contributed by atoms with E-state index in [1.54, 1.807) is 6.20 Å². The Morgan fingerprint density at radius 3 is 2.35 bits per heavy atom. The summed E-state index contributed by atoms with van der Waals surface area (Å²) in [5, 5.41) is 4.32. The lowest BCUT2D eigenvalue weighted by Gasteiger charge is -2.11. The first-order valence-corrected chi connectivity index (χ1v) is 8.44. The van der Waals surface area contributed by atoms with Crippen LogP contribution in [0.3, 0.4) is 0 Å². The fourth-order valence-electron chi connectivity index (χ4n) is 1.76. The summed E-state index contributed by atoms with van der Waals surface area (Å²) in [5.41, 5.74) is 1.21. The SMILES string of the molecule is CCc1c(Br)cnn1-c1c(Cl)cc(S(=O)(=O)O)cc1Cl. The minimum Gasteiger partial charge on any atom is -0.282 e. The molecule has 0 amide bonds. The van der Waals surface area contributed by atoms with Crippen LogP contribution in [0.2, 0.25) is 10.0 Å². The van der Waals surface area contributed by atoms with E-state index < -0.39 is 10.1 Å². The number of hydrogen-bond acceptors (Lipinski definition) is 3. The van der Waals surface area contributed by atoms with Gasteiger partial charge in [-0.25, -0.2) is 4.68 Å². The molecular formula is C11H9BrCl2N2O3S. The highest BCUT2D eigenvalue weighted by Crippen LogP contribution is 2.33. The van der Waals surface area contributed by atoms with E-state index in [1.165, 1.54) is 4.68 Å². The predicted octanol–water partition coefficient (Wildman–Crippen LogP) is 3.75. The molecule has 0 fully saturated rings. The molecule has 1 heterocycles. The average molecular weight is 400 g/mol. The molecule has 0 bridgehead atoms. The van der Waals surface area contributed by atoms with Gasteiger partial charge in [0.15, 0.2) is 0 Å². The van der Waals surface area contributed by atoms with Crippen LogP contribution in [0.5, 0.6) is 0 Å². The number of nitrogens with zero attached hydrogens (tertiary/aromatic N) is 2. The molecule has 2 rings (SSSR count). The summed E-state index contributed by atoms with van der Waals surface area (Å²) in [7, 11) is -4.37. The molecule has 0 aliphatic carbocycles. The Bertz CT molecular complexity index is 751. The molecule has 0 saturated carbocycles. The van der Waals surface area contributed by atoms with Crippen LogP contribution in [-0.2, 0) is 16.5 Å². The summed E-state index contributed by atoms with van der Waals surface area (Å²) in [5.74, 6) is 0. The van der Waals surface area contributed by atoms with Crippen LogP contribution in [0.4, 0.5) is 0 Å². The minimum absolute atomic E-state index is 0.0791. The molecule has 0 atom stereocenters. The second kappa shape index (κ2) is 5.65. The predicted molar refractivity (Wildman–Crippen MR) is 80.5 cm³/mol. The first-order valence-electron chi connectivity index (χ1n) is 5.45. The van der Waals surface area contributed by atoms with Gasteiger partial charge in [-0.05, 0) is 34.5 Å². The number of aromatic nitrogens is 2. The van der Waals surface area contributed by atoms with Crippen LogP contribution in [0.25, 0.3) is 5.69 Å². The lowest BCUT2D eigenvalue weighted by atomic mass is 10.3. The van der Waals surface area contributed by atoms with E-state index in [0.717, 1.165) is 22.3 Å². The van der Waals surface area contributed by atoms with Crippen LogP contribution in [0.1, 0.15) is 12.6 Å². The van der Waals surface area contributed by atoms with Crippen molar-refractivity contribution in [1.82, 2.24) is 9.78 Å². The van der Waals surface area contributed by atoms with Gasteiger partial charge in [0, 0.05) is 0 Å². The summed E-state index contributed by atoms with van der Waals surface area (Å²) < 4.78 is 33.6. The van der Waals surface area contributed by atoms with Gasteiger partial charge in [-0.2, -0.15) is 13.5 Å². The van der Waals surface area contributed by atoms with Gasteiger partial charge in [-0.1, -0.05) is 30.1 Å².